The fourth-order valence-corrected chi connectivity index (χ4v) is 1.56. The molecule has 0 bridgehead atoms. The molecule has 0 unspecified atom stereocenters. The van der Waals surface area contributed by atoms with Crippen LogP contribution in [-0.2, 0) is 0 Å². The fraction of sp³-hybridized carbons (Fsp3) is 0.250. The summed E-state index contributed by atoms with van der Waals surface area (Å²) < 4.78 is 13.1. The third-order valence-electron chi connectivity index (χ3n) is 2.15. The third kappa shape index (κ3) is 2.06. The second-order valence-corrected chi connectivity index (χ2v) is 3.82. The highest BCUT2D eigenvalue weighted by molar-refractivity contribution is 5.91. The molecule has 0 aliphatic heterocycles. The van der Waals surface area contributed by atoms with Crippen LogP contribution in [0.2, 0.25) is 0 Å². The van der Waals surface area contributed by atoms with E-state index in [0.29, 0.717) is 6.04 Å². The van der Waals surface area contributed by atoms with Gasteiger partial charge < -0.3 is 5.32 Å². The summed E-state index contributed by atoms with van der Waals surface area (Å²) >= 11 is 0. The van der Waals surface area contributed by atoms with Crippen molar-refractivity contribution in [2.75, 3.05) is 5.32 Å². The maximum atomic E-state index is 13.1. The van der Waals surface area contributed by atoms with E-state index in [1.54, 1.807) is 12.3 Å². The Morgan fingerprint density at radius 1 is 1.27 bits per heavy atom. The molecular formula is C12H13FN2. The lowest BCUT2D eigenvalue weighted by Crippen LogP contribution is -2.10. The van der Waals surface area contributed by atoms with Crippen LogP contribution < -0.4 is 5.32 Å². The third-order valence-corrected chi connectivity index (χ3v) is 2.15. The summed E-state index contributed by atoms with van der Waals surface area (Å²) in [4.78, 5) is 4.18. The fourth-order valence-electron chi connectivity index (χ4n) is 1.56. The van der Waals surface area contributed by atoms with Gasteiger partial charge in [-0.15, -0.1) is 0 Å². The first kappa shape index (κ1) is 9.90. The number of anilines is 1. The standard InChI is InChI=1S/C12H13FN2/c1-8(2)15-12-5-6-14-11-4-3-9(13)7-10(11)12/h3-8H,1-2H3,(H,14,15). The largest absolute Gasteiger partial charge is 0.382 e. The molecular weight excluding hydrogens is 191 g/mol. The van der Waals surface area contributed by atoms with Gasteiger partial charge in [-0.25, -0.2) is 4.39 Å². The van der Waals surface area contributed by atoms with Gasteiger partial charge in [0, 0.05) is 23.3 Å². The molecule has 0 aliphatic carbocycles. The number of halogens is 1. The lowest BCUT2D eigenvalue weighted by atomic mass is 10.1. The summed E-state index contributed by atoms with van der Waals surface area (Å²) in [6.45, 7) is 4.09. The van der Waals surface area contributed by atoms with E-state index in [9.17, 15) is 4.39 Å². The smallest absolute Gasteiger partial charge is 0.124 e. The summed E-state index contributed by atoms with van der Waals surface area (Å²) in [6, 6.07) is 6.80. The Balaban J connectivity index is 2.58. The highest BCUT2D eigenvalue weighted by Crippen LogP contribution is 2.22. The molecule has 1 aromatic heterocycles. The van der Waals surface area contributed by atoms with Gasteiger partial charge in [-0.3, -0.25) is 4.98 Å². The number of hydrogen-bond acceptors (Lipinski definition) is 2. The van der Waals surface area contributed by atoms with Crippen molar-refractivity contribution in [3.63, 3.8) is 0 Å². The Morgan fingerprint density at radius 2 is 2.07 bits per heavy atom. The molecule has 0 amide bonds. The molecule has 1 heterocycles. The number of rotatable bonds is 2. The molecule has 15 heavy (non-hydrogen) atoms. The number of nitrogens with zero attached hydrogens (tertiary/aromatic N) is 1. The van der Waals surface area contributed by atoms with Gasteiger partial charge >= 0.3 is 0 Å². The minimum Gasteiger partial charge on any atom is -0.382 e. The van der Waals surface area contributed by atoms with Crippen LogP contribution in [0.15, 0.2) is 30.5 Å². The van der Waals surface area contributed by atoms with Crippen LogP contribution >= 0.6 is 0 Å². The number of aromatic nitrogens is 1. The van der Waals surface area contributed by atoms with Crippen LogP contribution in [0.5, 0.6) is 0 Å². The Morgan fingerprint density at radius 3 is 2.80 bits per heavy atom. The van der Waals surface area contributed by atoms with Crippen LogP contribution in [0.1, 0.15) is 13.8 Å². The highest BCUT2D eigenvalue weighted by atomic mass is 19.1. The lowest BCUT2D eigenvalue weighted by molar-refractivity contribution is 0.629. The number of hydrogen-bond donors (Lipinski definition) is 1. The first-order valence-corrected chi connectivity index (χ1v) is 4.97. The molecule has 2 rings (SSSR count). The van der Waals surface area contributed by atoms with Gasteiger partial charge in [-0.1, -0.05) is 0 Å². The average molecular weight is 204 g/mol. The molecule has 0 fully saturated rings. The van der Waals surface area contributed by atoms with Gasteiger partial charge in [0.05, 0.1) is 5.52 Å². The highest BCUT2D eigenvalue weighted by Gasteiger charge is 2.03. The minimum atomic E-state index is -0.234. The maximum Gasteiger partial charge on any atom is 0.124 e. The van der Waals surface area contributed by atoms with E-state index in [1.165, 1.54) is 12.1 Å². The molecule has 78 valence electrons. The molecule has 2 nitrogen and oxygen atoms in total. The summed E-state index contributed by atoms with van der Waals surface area (Å²) in [5, 5.41) is 4.09. The second-order valence-electron chi connectivity index (χ2n) is 3.82. The van der Waals surface area contributed by atoms with Crippen molar-refractivity contribution >= 4 is 16.6 Å². The van der Waals surface area contributed by atoms with E-state index in [4.69, 9.17) is 0 Å². The molecule has 1 aromatic carbocycles. The minimum absolute atomic E-state index is 0.234. The Labute approximate surface area is 88.1 Å². The molecule has 0 aliphatic rings. The molecule has 2 aromatic rings. The molecule has 0 radical (unpaired) electrons. The molecule has 1 N–H and O–H groups in total. The van der Waals surface area contributed by atoms with Crippen molar-refractivity contribution in [1.29, 1.82) is 0 Å². The zero-order valence-electron chi connectivity index (χ0n) is 8.79. The monoisotopic (exact) mass is 204 g/mol. The van der Waals surface area contributed by atoms with E-state index in [-0.39, 0.29) is 5.82 Å². The Kier molecular flexibility index (Phi) is 2.54. The van der Waals surface area contributed by atoms with Gasteiger partial charge in [0.2, 0.25) is 0 Å². The summed E-state index contributed by atoms with van der Waals surface area (Å²) in [5.74, 6) is -0.234. The first-order chi connectivity index (χ1) is 7.16. The normalized spacial score (nSPS) is 10.9. The number of pyridine rings is 1. The van der Waals surface area contributed by atoms with E-state index in [2.05, 4.69) is 10.3 Å². The van der Waals surface area contributed by atoms with Crippen LogP contribution in [0.3, 0.4) is 0 Å². The van der Waals surface area contributed by atoms with Crippen molar-refractivity contribution in [3.8, 4) is 0 Å². The molecule has 3 heteroatoms. The summed E-state index contributed by atoms with van der Waals surface area (Å²) in [5.41, 5.74) is 1.73. The molecule has 0 spiro atoms. The number of benzene rings is 1. The van der Waals surface area contributed by atoms with Crippen LogP contribution in [0.25, 0.3) is 10.9 Å². The average Bonchev–Trinajstić information content (AvgIpc) is 2.18. The van der Waals surface area contributed by atoms with Gasteiger partial charge in [0.25, 0.3) is 0 Å². The summed E-state index contributed by atoms with van der Waals surface area (Å²) in [6.07, 6.45) is 1.73. The summed E-state index contributed by atoms with van der Waals surface area (Å²) in [7, 11) is 0. The molecule has 0 saturated heterocycles. The van der Waals surface area contributed by atoms with Crippen molar-refractivity contribution in [2.45, 2.75) is 19.9 Å². The molecule has 0 atom stereocenters. The van der Waals surface area contributed by atoms with E-state index >= 15 is 0 Å². The number of nitrogens with one attached hydrogen (secondary N) is 1. The SMILES string of the molecule is CC(C)Nc1ccnc2ccc(F)cc12. The van der Waals surface area contributed by atoms with Crippen molar-refractivity contribution in [1.82, 2.24) is 4.98 Å². The van der Waals surface area contributed by atoms with E-state index < -0.39 is 0 Å². The van der Waals surface area contributed by atoms with E-state index in [1.807, 2.05) is 19.9 Å². The van der Waals surface area contributed by atoms with Crippen LogP contribution in [0.4, 0.5) is 10.1 Å². The molecule has 0 saturated carbocycles. The van der Waals surface area contributed by atoms with Crippen LogP contribution in [0, 0.1) is 5.82 Å². The quantitative estimate of drug-likeness (QED) is 0.812. The van der Waals surface area contributed by atoms with Crippen molar-refractivity contribution < 1.29 is 4.39 Å². The van der Waals surface area contributed by atoms with Gasteiger partial charge in [-0.05, 0) is 38.1 Å². The first-order valence-electron chi connectivity index (χ1n) is 4.97. The van der Waals surface area contributed by atoms with E-state index in [0.717, 1.165) is 16.6 Å². The number of fused-ring (bicyclic) bond motifs is 1. The predicted octanol–water partition coefficient (Wildman–Crippen LogP) is 3.19. The van der Waals surface area contributed by atoms with Gasteiger partial charge in [0.15, 0.2) is 0 Å². The zero-order chi connectivity index (χ0) is 10.8. The zero-order valence-corrected chi connectivity index (χ0v) is 8.79. The Hall–Kier alpha value is -1.64. The second kappa shape index (κ2) is 3.85. The lowest BCUT2D eigenvalue weighted by Gasteiger charge is -2.12. The van der Waals surface area contributed by atoms with Gasteiger partial charge in [-0.2, -0.15) is 0 Å². The predicted molar refractivity (Wildman–Crippen MR) is 60.5 cm³/mol. The van der Waals surface area contributed by atoms with Crippen molar-refractivity contribution in [2.24, 2.45) is 0 Å². The maximum absolute atomic E-state index is 13.1. The van der Waals surface area contributed by atoms with Crippen molar-refractivity contribution in [3.05, 3.63) is 36.3 Å². The van der Waals surface area contributed by atoms with Gasteiger partial charge in [0.1, 0.15) is 5.82 Å². The van der Waals surface area contributed by atoms with Crippen LogP contribution in [-0.4, -0.2) is 11.0 Å². The Bertz CT molecular complexity index is 480. The topological polar surface area (TPSA) is 24.9 Å².